The van der Waals surface area contributed by atoms with Crippen molar-refractivity contribution >= 4 is 27.7 Å². The molecule has 142 valence electrons. The van der Waals surface area contributed by atoms with Crippen LogP contribution >= 0.6 is 0 Å². The third kappa shape index (κ3) is 5.04. The van der Waals surface area contributed by atoms with E-state index in [0.29, 0.717) is 18.4 Å². The van der Waals surface area contributed by atoms with E-state index in [1.165, 1.54) is 6.07 Å². The largest absolute Gasteiger partial charge is 0.480 e. The van der Waals surface area contributed by atoms with E-state index in [2.05, 4.69) is 15.0 Å². The quantitative estimate of drug-likeness (QED) is 0.582. The van der Waals surface area contributed by atoms with Gasteiger partial charge in [-0.15, -0.1) is 0 Å². The van der Waals surface area contributed by atoms with Crippen LogP contribution in [0.4, 0.5) is 0 Å². The molecule has 1 aromatic rings. The summed E-state index contributed by atoms with van der Waals surface area (Å²) in [6.07, 6.45) is 0.863. The zero-order chi connectivity index (χ0) is 19.3. The Morgan fingerprint density at radius 1 is 1.27 bits per heavy atom. The SMILES string of the molecule is CC(C)CC(NC(=O)CCCN=C1NS(=O)(=O)c2ccccc21)C(=O)O. The Balaban J connectivity index is 1.88. The molecule has 1 atom stereocenters. The normalized spacial score (nSPS) is 17.6. The molecule has 8 nitrogen and oxygen atoms in total. The number of hydrogen-bond acceptors (Lipinski definition) is 5. The number of amides is 1. The number of benzene rings is 1. The molecule has 26 heavy (non-hydrogen) atoms. The van der Waals surface area contributed by atoms with E-state index in [0.717, 1.165) is 0 Å². The maximum absolute atomic E-state index is 12.0. The van der Waals surface area contributed by atoms with Crippen LogP contribution in [-0.4, -0.2) is 43.8 Å². The van der Waals surface area contributed by atoms with Crippen molar-refractivity contribution in [2.24, 2.45) is 10.9 Å². The van der Waals surface area contributed by atoms with Crippen LogP contribution in [0, 0.1) is 5.92 Å². The molecule has 0 radical (unpaired) electrons. The Bertz CT molecular complexity index is 817. The zero-order valence-electron chi connectivity index (χ0n) is 14.7. The average molecular weight is 381 g/mol. The van der Waals surface area contributed by atoms with Crippen molar-refractivity contribution in [1.29, 1.82) is 0 Å². The van der Waals surface area contributed by atoms with Gasteiger partial charge in [0.2, 0.25) is 5.91 Å². The first-order valence-electron chi connectivity index (χ1n) is 8.39. The molecule has 0 aromatic heterocycles. The highest BCUT2D eigenvalue weighted by Gasteiger charge is 2.29. The molecule has 1 aliphatic rings. The molecule has 1 amide bonds. The Morgan fingerprint density at radius 3 is 2.62 bits per heavy atom. The molecule has 0 spiro atoms. The van der Waals surface area contributed by atoms with Gasteiger partial charge >= 0.3 is 5.97 Å². The van der Waals surface area contributed by atoms with Gasteiger partial charge in [0.25, 0.3) is 10.0 Å². The van der Waals surface area contributed by atoms with Gasteiger partial charge in [-0.2, -0.15) is 0 Å². The molecule has 1 aliphatic heterocycles. The van der Waals surface area contributed by atoms with Gasteiger partial charge < -0.3 is 10.4 Å². The van der Waals surface area contributed by atoms with Gasteiger partial charge in [0.05, 0.1) is 4.90 Å². The number of carbonyl (C=O) groups is 2. The van der Waals surface area contributed by atoms with E-state index >= 15 is 0 Å². The van der Waals surface area contributed by atoms with Gasteiger partial charge in [0.15, 0.2) is 0 Å². The topological polar surface area (TPSA) is 125 Å². The predicted octanol–water partition coefficient (Wildman–Crippen LogP) is 1.12. The summed E-state index contributed by atoms with van der Waals surface area (Å²) in [7, 11) is -3.57. The molecule has 0 saturated carbocycles. The molecule has 0 fully saturated rings. The summed E-state index contributed by atoms with van der Waals surface area (Å²) in [4.78, 5) is 27.5. The summed E-state index contributed by atoms with van der Waals surface area (Å²) in [5.74, 6) is -0.989. The van der Waals surface area contributed by atoms with E-state index in [1.807, 2.05) is 13.8 Å². The second-order valence-corrected chi connectivity index (χ2v) is 8.17. The number of nitrogens with one attached hydrogen (secondary N) is 2. The summed E-state index contributed by atoms with van der Waals surface area (Å²) in [5.41, 5.74) is 0.514. The third-order valence-corrected chi connectivity index (χ3v) is 5.23. The summed E-state index contributed by atoms with van der Waals surface area (Å²) >= 11 is 0. The minimum atomic E-state index is -3.57. The number of carbonyl (C=O) groups excluding carboxylic acids is 1. The van der Waals surface area contributed by atoms with Crippen molar-refractivity contribution in [3.8, 4) is 0 Å². The van der Waals surface area contributed by atoms with Gasteiger partial charge in [-0.05, 0) is 30.9 Å². The van der Waals surface area contributed by atoms with E-state index in [1.54, 1.807) is 18.2 Å². The van der Waals surface area contributed by atoms with Crippen LogP contribution in [0.2, 0.25) is 0 Å². The molecular weight excluding hydrogens is 358 g/mol. The molecule has 1 heterocycles. The number of nitrogens with zero attached hydrogens (tertiary/aromatic N) is 1. The van der Waals surface area contributed by atoms with E-state index in [4.69, 9.17) is 5.11 Å². The summed E-state index contributed by atoms with van der Waals surface area (Å²) in [6.45, 7) is 4.03. The molecule has 9 heteroatoms. The second kappa shape index (κ2) is 8.31. The van der Waals surface area contributed by atoms with Gasteiger partial charge in [0.1, 0.15) is 11.9 Å². The van der Waals surface area contributed by atoms with Crippen molar-refractivity contribution in [3.63, 3.8) is 0 Å². The summed E-state index contributed by atoms with van der Waals surface area (Å²) < 4.78 is 26.3. The number of sulfonamides is 1. The standard InChI is InChI=1S/C17H23N3O5S/c1-11(2)10-13(17(22)23)19-15(21)8-5-9-18-16-12-6-3-4-7-14(12)26(24,25)20-16/h3-4,6-7,11,13H,5,8-10H2,1-2H3,(H,18,20)(H,19,21)(H,22,23). The van der Waals surface area contributed by atoms with Crippen molar-refractivity contribution < 1.29 is 23.1 Å². The van der Waals surface area contributed by atoms with Crippen LogP contribution in [0.15, 0.2) is 34.2 Å². The van der Waals surface area contributed by atoms with Crippen LogP contribution in [0.25, 0.3) is 0 Å². The lowest BCUT2D eigenvalue weighted by atomic mass is 10.0. The fraction of sp³-hybridized carbons (Fsp3) is 0.471. The maximum Gasteiger partial charge on any atom is 0.326 e. The molecule has 3 N–H and O–H groups in total. The van der Waals surface area contributed by atoms with E-state index < -0.39 is 22.0 Å². The molecule has 0 saturated heterocycles. The number of fused-ring (bicyclic) bond motifs is 1. The number of rotatable bonds is 8. The number of carboxylic acids is 1. The van der Waals surface area contributed by atoms with Gasteiger partial charge in [-0.3, -0.25) is 14.5 Å². The molecule has 0 bridgehead atoms. The van der Waals surface area contributed by atoms with Crippen LogP contribution in [-0.2, 0) is 19.6 Å². The lowest BCUT2D eigenvalue weighted by Gasteiger charge is -2.16. The number of aliphatic carboxylic acids is 1. The smallest absolute Gasteiger partial charge is 0.326 e. The Kier molecular flexibility index (Phi) is 6.36. The number of amidine groups is 1. The number of carboxylic acid groups (broad SMARTS) is 1. The Labute approximate surface area is 152 Å². The van der Waals surface area contributed by atoms with Crippen LogP contribution in [0.1, 0.15) is 38.7 Å². The maximum atomic E-state index is 12.0. The van der Waals surface area contributed by atoms with Crippen LogP contribution in [0.3, 0.4) is 0 Å². The summed E-state index contributed by atoms with van der Waals surface area (Å²) in [6, 6.07) is 5.64. The van der Waals surface area contributed by atoms with Crippen molar-refractivity contribution in [3.05, 3.63) is 29.8 Å². The fourth-order valence-electron chi connectivity index (χ4n) is 2.64. The van der Waals surface area contributed by atoms with Crippen LogP contribution < -0.4 is 10.0 Å². The van der Waals surface area contributed by atoms with Crippen LogP contribution in [0.5, 0.6) is 0 Å². The highest BCUT2D eigenvalue weighted by Crippen LogP contribution is 2.22. The first kappa shape index (κ1) is 19.9. The van der Waals surface area contributed by atoms with Crippen molar-refractivity contribution in [2.75, 3.05) is 6.54 Å². The minimum absolute atomic E-state index is 0.118. The molecular formula is C17H23N3O5S. The van der Waals surface area contributed by atoms with Gasteiger partial charge in [-0.25, -0.2) is 13.2 Å². The summed E-state index contributed by atoms with van der Waals surface area (Å²) in [5, 5.41) is 11.6. The molecule has 1 aromatic carbocycles. The average Bonchev–Trinajstić information content (AvgIpc) is 2.82. The molecule has 1 unspecified atom stereocenters. The monoisotopic (exact) mass is 381 g/mol. The van der Waals surface area contributed by atoms with E-state index in [9.17, 15) is 18.0 Å². The predicted molar refractivity (Wildman–Crippen MR) is 96.4 cm³/mol. The highest BCUT2D eigenvalue weighted by atomic mass is 32.2. The van der Waals surface area contributed by atoms with Crippen molar-refractivity contribution in [2.45, 2.75) is 44.0 Å². The number of aliphatic imine (C=N–C) groups is 1. The first-order chi connectivity index (χ1) is 12.2. The highest BCUT2D eigenvalue weighted by molar-refractivity contribution is 7.90. The Hall–Kier alpha value is -2.42. The third-order valence-electron chi connectivity index (χ3n) is 3.84. The number of hydrogen-bond donors (Lipinski definition) is 3. The van der Waals surface area contributed by atoms with Gasteiger partial charge in [0, 0.05) is 18.5 Å². The molecule has 2 rings (SSSR count). The molecule has 0 aliphatic carbocycles. The fourth-order valence-corrected chi connectivity index (χ4v) is 3.89. The second-order valence-electron chi connectivity index (χ2n) is 6.52. The minimum Gasteiger partial charge on any atom is -0.480 e. The van der Waals surface area contributed by atoms with E-state index in [-0.39, 0.29) is 35.5 Å². The lowest BCUT2D eigenvalue weighted by Crippen LogP contribution is -2.41. The van der Waals surface area contributed by atoms with Gasteiger partial charge in [-0.1, -0.05) is 26.0 Å². The lowest BCUT2D eigenvalue weighted by molar-refractivity contribution is -0.142. The van der Waals surface area contributed by atoms with Crippen molar-refractivity contribution in [1.82, 2.24) is 10.0 Å². The zero-order valence-corrected chi connectivity index (χ0v) is 15.5. The Morgan fingerprint density at radius 2 is 1.96 bits per heavy atom. The first-order valence-corrected chi connectivity index (χ1v) is 9.88.